The maximum Gasteiger partial charge on any atom is 0.315 e. The second-order valence-electron chi connectivity index (χ2n) is 16.6. The third-order valence-electron chi connectivity index (χ3n) is 11.7. The van der Waals surface area contributed by atoms with Crippen molar-refractivity contribution in [2.24, 2.45) is 16.7 Å². The zero-order valence-electron chi connectivity index (χ0n) is 31.9. The number of Topliss-reactive ketones (excluding diaryl/α,β-unsaturated/α-hetero) is 1. The van der Waals surface area contributed by atoms with Crippen LogP contribution in [0.2, 0.25) is 0 Å². The van der Waals surface area contributed by atoms with Crippen LogP contribution in [0.25, 0.3) is 0 Å². The molecule has 4 atom stereocenters. The normalized spacial score (nSPS) is 22.4. The van der Waals surface area contributed by atoms with E-state index in [-0.39, 0.29) is 42.1 Å². The van der Waals surface area contributed by atoms with E-state index < -0.39 is 53.2 Å². The minimum absolute atomic E-state index is 0.0462. The summed E-state index contributed by atoms with van der Waals surface area (Å²) < 4.78 is 0. The molecule has 2 aliphatic carbocycles. The maximum absolute atomic E-state index is 14.4. The fourth-order valence-corrected chi connectivity index (χ4v) is 8.46. The fraction of sp³-hybridized carbons (Fsp3) is 0.769. The van der Waals surface area contributed by atoms with Crippen LogP contribution in [0.3, 0.4) is 0 Å². The number of amides is 7. The van der Waals surface area contributed by atoms with E-state index in [1.165, 1.54) is 15.9 Å². The van der Waals surface area contributed by atoms with Crippen molar-refractivity contribution >= 4 is 41.4 Å². The number of nitrogens with zero attached hydrogens (tertiary/aromatic N) is 2. The third-order valence-corrected chi connectivity index (χ3v) is 11.7. The molecule has 13 nitrogen and oxygen atoms in total. The summed E-state index contributed by atoms with van der Waals surface area (Å²) in [7, 11) is 0. The van der Waals surface area contributed by atoms with Gasteiger partial charge in [-0.05, 0) is 61.7 Å². The molecule has 4 rings (SSSR count). The number of carbonyl (C=O) groups is 7. The highest BCUT2D eigenvalue weighted by atomic mass is 16.2. The number of hydrogen-bond acceptors (Lipinski definition) is 7. The topological polar surface area (TPSA) is 174 Å². The maximum atomic E-state index is 14.4. The number of ketones is 1. The van der Waals surface area contributed by atoms with Crippen LogP contribution in [0.4, 0.5) is 4.79 Å². The molecule has 0 bridgehead atoms. The van der Waals surface area contributed by atoms with Crippen LogP contribution in [-0.2, 0) is 28.8 Å². The molecule has 13 heteroatoms. The first kappa shape index (κ1) is 41.0. The Labute approximate surface area is 309 Å². The lowest BCUT2D eigenvalue weighted by Crippen LogP contribution is -2.61. The van der Waals surface area contributed by atoms with Crippen molar-refractivity contribution in [2.45, 2.75) is 155 Å². The lowest BCUT2D eigenvalue weighted by molar-refractivity contribution is -0.154. The van der Waals surface area contributed by atoms with E-state index in [9.17, 15) is 33.6 Å². The van der Waals surface area contributed by atoms with Gasteiger partial charge >= 0.3 is 6.03 Å². The first-order valence-electron chi connectivity index (χ1n) is 19.6. The van der Waals surface area contributed by atoms with Crippen LogP contribution in [0, 0.1) is 16.7 Å². The Morgan fingerprint density at radius 2 is 1.56 bits per heavy atom. The summed E-state index contributed by atoms with van der Waals surface area (Å²) in [5.41, 5.74) is -0.742. The quantitative estimate of drug-likeness (QED) is 0.113. The molecule has 4 aliphatic rings. The summed E-state index contributed by atoms with van der Waals surface area (Å²) in [6.07, 6.45) is 13.0. The average Bonchev–Trinajstić information content (AvgIpc) is 3.78. The van der Waals surface area contributed by atoms with Crippen LogP contribution >= 0.6 is 0 Å². The second-order valence-corrected chi connectivity index (χ2v) is 16.6. The number of likely N-dealkylation sites (tertiary alicyclic amines) is 2. The van der Waals surface area contributed by atoms with Crippen molar-refractivity contribution in [3.05, 3.63) is 12.7 Å². The van der Waals surface area contributed by atoms with Crippen molar-refractivity contribution in [2.75, 3.05) is 19.6 Å². The van der Waals surface area contributed by atoms with Crippen molar-refractivity contribution < 1.29 is 33.6 Å². The molecular weight excluding hydrogens is 664 g/mol. The summed E-state index contributed by atoms with van der Waals surface area (Å²) in [4.78, 5) is 96.8. The van der Waals surface area contributed by atoms with E-state index in [4.69, 9.17) is 0 Å². The lowest BCUT2D eigenvalue weighted by atomic mass is 9.76. The van der Waals surface area contributed by atoms with E-state index in [0.29, 0.717) is 45.1 Å². The minimum atomic E-state index is -1.02. The first-order chi connectivity index (χ1) is 24.7. The highest BCUT2D eigenvalue weighted by Crippen LogP contribution is 2.47. The van der Waals surface area contributed by atoms with E-state index in [1.807, 2.05) is 27.7 Å². The van der Waals surface area contributed by atoms with Gasteiger partial charge in [0.2, 0.25) is 29.4 Å². The minimum Gasteiger partial charge on any atom is -0.346 e. The monoisotopic (exact) mass is 726 g/mol. The molecule has 2 saturated carbocycles. The molecule has 2 saturated heterocycles. The van der Waals surface area contributed by atoms with Crippen molar-refractivity contribution in [1.82, 2.24) is 31.1 Å². The number of piperidine rings is 1. The molecule has 1 unspecified atom stereocenters. The molecule has 4 N–H and O–H groups in total. The van der Waals surface area contributed by atoms with Gasteiger partial charge in [0.25, 0.3) is 5.91 Å². The van der Waals surface area contributed by atoms with Crippen LogP contribution in [0.15, 0.2) is 12.7 Å². The lowest BCUT2D eigenvalue weighted by Gasteiger charge is -2.41. The van der Waals surface area contributed by atoms with Gasteiger partial charge in [-0.2, -0.15) is 0 Å². The van der Waals surface area contributed by atoms with Gasteiger partial charge in [-0.1, -0.05) is 78.7 Å². The highest BCUT2D eigenvalue weighted by molar-refractivity contribution is 6.38. The zero-order chi connectivity index (χ0) is 38.1. The number of imide groups is 1. The predicted octanol–water partition coefficient (Wildman–Crippen LogP) is 3.90. The Bertz CT molecular complexity index is 1330. The Balaban J connectivity index is 1.47. The van der Waals surface area contributed by atoms with Gasteiger partial charge < -0.3 is 26.2 Å². The highest BCUT2D eigenvalue weighted by Gasteiger charge is 2.47. The number of carbonyl (C=O) groups excluding carboxylic acids is 7. The van der Waals surface area contributed by atoms with Crippen molar-refractivity contribution in [3.8, 4) is 0 Å². The standard InChI is InChI=1S/C39H62N6O7/c1-6-8-17-27(33(48)35(50)40-21-7-2)41-34(49)28-18-14-22-44(28)36(51)32(26-15-10-9-11-16-26)43-37(52)42-29(38(3,4)5)25-45-30(46)23-39(24-31(45)47)19-12-13-20-39/h7,26-29,32H,2,6,8-25H2,1,3-5H3,(H,40,50)(H,41,49)(H2,42,43,52)/t27?,28-,29+,32-/m0/s1. The zero-order valence-corrected chi connectivity index (χ0v) is 31.9. The van der Waals surface area contributed by atoms with Crippen molar-refractivity contribution in [1.29, 1.82) is 0 Å². The summed E-state index contributed by atoms with van der Waals surface area (Å²) in [5.74, 6) is -2.91. The smallest absolute Gasteiger partial charge is 0.315 e. The van der Waals surface area contributed by atoms with Gasteiger partial charge in [0, 0.05) is 32.5 Å². The van der Waals surface area contributed by atoms with Crippen molar-refractivity contribution in [3.63, 3.8) is 0 Å². The molecule has 2 heterocycles. The molecule has 52 heavy (non-hydrogen) atoms. The van der Waals surface area contributed by atoms with E-state index in [0.717, 1.165) is 64.2 Å². The van der Waals surface area contributed by atoms with Crippen LogP contribution in [-0.4, -0.2) is 95.0 Å². The SMILES string of the molecule is C=CCNC(=O)C(=O)C(CCCC)NC(=O)[C@@H]1CCCN1C(=O)[C@@H](NC(=O)N[C@H](CN1C(=O)CC2(CCCC2)CC1=O)C(C)(C)C)C1CCCCC1. The number of nitrogens with one attached hydrogen (secondary N) is 4. The average molecular weight is 727 g/mol. The number of rotatable bonds is 15. The molecule has 0 aromatic rings. The molecule has 0 aromatic heterocycles. The predicted molar refractivity (Wildman–Crippen MR) is 197 cm³/mol. The summed E-state index contributed by atoms with van der Waals surface area (Å²) >= 11 is 0. The second kappa shape index (κ2) is 18.3. The molecular formula is C39H62N6O7. The molecule has 0 aromatic carbocycles. The third kappa shape index (κ3) is 10.4. The van der Waals surface area contributed by atoms with Crippen LogP contribution in [0.5, 0.6) is 0 Å². The van der Waals surface area contributed by atoms with E-state index in [2.05, 4.69) is 27.8 Å². The van der Waals surface area contributed by atoms with E-state index in [1.54, 1.807) is 0 Å². The molecule has 7 amide bonds. The molecule has 1 spiro atoms. The van der Waals surface area contributed by atoms with Gasteiger partial charge in [0.1, 0.15) is 12.1 Å². The summed E-state index contributed by atoms with van der Waals surface area (Å²) in [5, 5.41) is 11.2. The Morgan fingerprint density at radius 3 is 2.15 bits per heavy atom. The number of urea groups is 1. The van der Waals surface area contributed by atoms with Gasteiger partial charge in [0.05, 0.1) is 12.1 Å². The van der Waals surface area contributed by atoms with Crippen LogP contribution in [0.1, 0.15) is 130 Å². The van der Waals surface area contributed by atoms with Gasteiger partial charge in [-0.15, -0.1) is 6.58 Å². The molecule has 4 fully saturated rings. The Hall–Kier alpha value is -3.77. The fourth-order valence-electron chi connectivity index (χ4n) is 8.46. The molecule has 0 radical (unpaired) electrons. The Kier molecular flexibility index (Phi) is 14.4. The van der Waals surface area contributed by atoms with Gasteiger partial charge in [0.15, 0.2) is 0 Å². The first-order valence-corrected chi connectivity index (χ1v) is 19.6. The molecule has 290 valence electrons. The van der Waals surface area contributed by atoms with E-state index >= 15 is 0 Å². The number of hydrogen-bond donors (Lipinski definition) is 4. The Morgan fingerprint density at radius 1 is 0.904 bits per heavy atom. The van der Waals surface area contributed by atoms with Crippen LogP contribution < -0.4 is 21.3 Å². The largest absolute Gasteiger partial charge is 0.346 e. The van der Waals surface area contributed by atoms with Gasteiger partial charge in [-0.3, -0.25) is 33.7 Å². The number of unbranched alkanes of at least 4 members (excludes halogenated alkanes) is 1. The molecule has 2 aliphatic heterocycles. The summed E-state index contributed by atoms with van der Waals surface area (Å²) in [6.45, 7) is 11.8. The summed E-state index contributed by atoms with van der Waals surface area (Å²) in [6, 6.07) is -3.91. The van der Waals surface area contributed by atoms with Gasteiger partial charge in [-0.25, -0.2) is 4.79 Å².